The van der Waals surface area contributed by atoms with Crippen LogP contribution in [0.1, 0.15) is 13.3 Å². The van der Waals surface area contributed by atoms with E-state index in [1.165, 1.54) is 0 Å². The van der Waals surface area contributed by atoms with Gasteiger partial charge in [0.1, 0.15) is 0 Å². The molecule has 0 bridgehead atoms. The summed E-state index contributed by atoms with van der Waals surface area (Å²) < 4.78 is 22.9. The van der Waals surface area contributed by atoms with Gasteiger partial charge in [-0.15, -0.1) is 0 Å². The Hall–Kier alpha value is -0.700. The van der Waals surface area contributed by atoms with Crippen molar-refractivity contribution < 1.29 is 23.4 Å². The lowest BCUT2D eigenvalue weighted by molar-refractivity contribution is -0.123. The summed E-state index contributed by atoms with van der Waals surface area (Å²) in [5.74, 6) is -0.206. The highest BCUT2D eigenvalue weighted by Crippen LogP contribution is 2.22. The predicted molar refractivity (Wildman–Crippen MR) is 68.3 cm³/mol. The number of hydrogen-bond donors (Lipinski definition) is 3. The molecule has 2 heterocycles. The summed E-state index contributed by atoms with van der Waals surface area (Å²) in [5, 5.41) is 21.5. The fourth-order valence-electron chi connectivity index (χ4n) is 2.66. The van der Waals surface area contributed by atoms with Gasteiger partial charge in [0.15, 0.2) is 9.84 Å². The van der Waals surface area contributed by atoms with Crippen molar-refractivity contribution in [1.82, 2.24) is 10.2 Å². The summed E-state index contributed by atoms with van der Waals surface area (Å²) in [6, 6.07) is 0. The van der Waals surface area contributed by atoms with E-state index in [1.807, 2.05) is 0 Å². The number of carbonyl (C=O) groups is 1. The first-order chi connectivity index (χ1) is 8.69. The number of aliphatic hydroxyl groups is 2. The van der Waals surface area contributed by atoms with Crippen LogP contribution in [0.15, 0.2) is 0 Å². The fourth-order valence-corrected chi connectivity index (χ4v) is 4.76. The number of hydrogen-bond acceptors (Lipinski definition) is 6. The van der Waals surface area contributed by atoms with Crippen LogP contribution in [0, 0.1) is 0 Å². The van der Waals surface area contributed by atoms with Crippen molar-refractivity contribution in [2.75, 3.05) is 31.1 Å². The van der Waals surface area contributed by atoms with Gasteiger partial charge in [0.05, 0.1) is 35.8 Å². The first kappa shape index (κ1) is 14.7. The summed E-state index contributed by atoms with van der Waals surface area (Å²) in [5.41, 5.74) is -0.702. The number of sulfone groups is 1. The fraction of sp³-hybridized carbons (Fsp3) is 0.909. The molecule has 7 nitrogen and oxygen atoms in total. The van der Waals surface area contributed by atoms with E-state index >= 15 is 0 Å². The monoisotopic (exact) mass is 292 g/mol. The molecule has 2 rings (SSSR count). The van der Waals surface area contributed by atoms with Gasteiger partial charge in [-0.05, 0) is 13.3 Å². The van der Waals surface area contributed by atoms with Crippen LogP contribution in [0.25, 0.3) is 0 Å². The van der Waals surface area contributed by atoms with E-state index < -0.39 is 27.6 Å². The topological polar surface area (TPSA) is 107 Å². The zero-order valence-corrected chi connectivity index (χ0v) is 11.7. The number of nitrogens with zero attached hydrogens (tertiary/aromatic N) is 1. The van der Waals surface area contributed by atoms with Crippen LogP contribution in [0.4, 0.5) is 0 Å². The normalized spacial score (nSPS) is 38.5. The number of rotatable bonds is 3. The highest BCUT2D eigenvalue weighted by atomic mass is 32.2. The number of amides is 1. The van der Waals surface area contributed by atoms with E-state index in [0.717, 1.165) is 0 Å². The smallest absolute Gasteiger partial charge is 0.234 e. The van der Waals surface area contributed by atoms with Gasteiger partial charge in [0.25, 0.3) is 0 Å². The van der Waals surface area contributed by atoms with E-state index in [2.05, 4.69) is 5.32 Å². The van der Waals surface area contributed by atoms with E-state index in [1.54, 1.807) is 11.8 Å². The van der Waals surface area contributed by atoms with Crippen molar-refractivity contribution in [2.24, 2.45) is 0 Å². The molecule has 0 aromatic rings. The third-order valence-electron chi connectivity index (χ3n) is 3.65. The maximum Gasteiger partial charge on any atom is 0.234 e. The van der Waals surface area contributed by atoms with Crippen LogP contribution in [0.5, 0.6) is 0 Å². The first-order valence-electron chi connectivity index (χ1n) is 6.29. The van der Waals surface area contributed by atoms with Crippen LogP contribution in [-0.2, 0) is 14.6 Å². The van der Waals surface area contributed by atoms with Crippen molar-refractivity contribution in [2.45, 2.75) is 31.1 Å². The minimum Gasteiger partial charge on any atom is -0.389 e. The van der Waals surface area contributed by atoms with Crippen LogP contribution >= 0.6 is 0 Å². The molecule has 0 radical (unpaired) electrons. The van der Waals surface area contributed by atoms with Gasteiger partial charge in [-0.3, -0.25) is 9.69 Å². The Balaban J connectivity index is 1.85. The quantitative estimate of drug-likeness (QED) is 0.541. The van der Waals surface area contributed by atoms with Gasteiger partial charge >= 0.3 is 0 Å². The Morgan fingerprint density at radius 3 is 2.42 bits per heavy atom. The second-order valence-electron chi connectivity index (χ2n) is 5.78. The largest absolute Gasteiger partial charge is 0.389 e. The van der Waals surface area contributed by atoms with Gasteiger partial charge in [-0.25, -0.2) is 8.42 Å². The molecule has 2 fully saturated rings. The van der Waals surface area contributed by atoms with Crippen molar-refractivity contribution >= 4 is 15.7 Å². The van der Waals surface area contributed by atoms with Crippen LogP contribution < -0.4 is 5.32 Å². The number of β-amino-alcohol motifs (C(OH)–C–C–N with tert-alkyl or cyclic N) is 2. The molecule has 0 saturated carbocycles. The van der Waals surface area contributed by atoms with Crippen LogP contribution in [-0.4, -0.2) is 78.3 Å². The lowest BCUT2D eigenvalue weighted by Gasteiger charge is -2.25. The lowest BCUT2D eigenvalue weighted by Crippen LogP contribution is -2.50. The van der Waals surface area contributed by atoms with Crippen molar-refractivity contribution in [3.63, 3.8) is 0 Å². The molecule has 2 aliphatic rings. The second-order valence-corrected chi connectivity index (χ2v) is 7.96. The van der Waals surface area contributed by atoms with E-state index in [0.29, 0.717) is 6.42 Å². The Morgan fingerprint density at radius 1 is 1.37 bits per heavy atom. The molecule has 0 aromatic heterocycles. The van der Waals surface area contributed by atoms with Crippen molar-refractivity contribution in [3.05, 3.63) is 0 Å². The van der Waals surface area contributed by atoms with Crippen molar-refractivity contribution in [1.29, 1.82) is 0 Å². The summed E-state index contributed by atoms with van der Waals surface area (Å²) >= 11 is 0. The molecule has 2 saturated heterocycles. The Bertz CT molecular complexity index is 456. The maximum absolute atomic E-state index is 11.9. The average molecular weight is 292 g/mol. The van der Waals surface area contributed by atoms with E-state index in [-0.39, 0.29) is 37.0 Å². The highest BCUT2D eigenvalue weighted by molar-refractivity contribution is 7.91. The summed E-state index contributed by atoms with van der Waals surface area (Å²) in [7, 11) is -3.05. The third-order valence-corrected chi connectivity index (χ3v) is 5.55. The molecular formula is C11H20N2O5S. The number of carbonyl (C=O) groups excluding carboxylic acids is 1. The number of nitrogens with one attached hydrogen (secondary N) is 1. The molecular weight excluding hydrogens is 272 g/mol. The van der Waals surface area contributed by atoms with Crippen LogP contribution in [0.2, 0.25) is 0 Å². The average Bonchev–Trinajstić information content (AvgIpc) is 2.67. The minimum absolute atomic E-state index is 0.0308. The Morgan fingerprint density at radius 2 is 1.95 bits per heavy atom. The zero-order chi connectivity index (χ0) is 14.3. The van der Waals surface area contributed by atoms with Crippen LogP contribution in [0.3, 0.4) is 0 Å². The van der Waals surface area contributed by atoms with E-state index in [4.69, 9.17) is 0 Å². The summed E-state index contributed by atoms with van der Waals surface area (Å²) in [4.78, 5) is 13.5. The van der Waals surface area contributed by atoms with Gasteiger partial charge < -0.3 is 15.5 Å². The molecule has 19 heavy (non-hydrogen) atoms. The zero-order valence-electron chi connectivity index (χ0n) is 10.9. The molecule has 3 atom stereocenters. The van der Waals surface area contributed by atoms with Crippen molar-refractivity contribution in [3.8, 4) is 0 Å². The first-order valence-corrected chi connectivity index (χ1v) is 8.11. The summed E-state index contributed by atoms with van der Waals surface area (Å²) in [6.07, 6.45) is -1.22. The SMILES string of the molecule is CC1(NC(=O)CN2CC(O)C(O)C2)CCS(=O)(=O)C1. The van der Waals surface area contributed by atoms with E-state index in [9.17, 15) is 23.4 Å². The maximum atomic E-state index is 11.9. The molecule has 110 valence electrons. The van der Waals surface area contributed by atoms with Gasteiger partial charge in [-0.1, -0.05) is 0 Å². The second kappa shape index (κ2) is 5.01. The molecule has 3 N–H and O–H groups in total. The van der Waals surface area contributed by atoms with Gasteiger partial charge in [-0.2, -0.15) is 0 Å². The standard InChI is InChI=1S/C11H20N2O5S/c1-11(2-3-19(17,18)7-11)12-10(16)6-13-4-8(14)9(15)5-13/h8-9,14-15H,2-7H2,1H3,(H,12,16). The number of likely N-dealkylation sites (tertiary alicyclic amines) is 1. The number of aliphatic hydroxyl groups excluding tert-OH is 2. The third kappa shape index (κ3) is 3.65. The molecule has 0 aromatic carbocycles. The Labute approximate surface area is 112 Å². The summed E-state index contributed by atoms with van der Waals surface area (Å²) in [6.45, 7) is 2.29. The molecule has 2 aliphatic heterocycles. The van der Waals surface area contributed by atoms with Gasteiger partial charge in [0.2, 0.25) is 5.91 Å². The minimum atomic E-state index is -3.05. The molecule has 0 spiro atoms. The molecule has 1 amide bonds. The van der Waals surface area contributed by atoms with Gasteiger partial charge in [0, 0.05) is 13.1 Å². The predicted octanol–water partition coefficient (Wildman–Crippen LogP) is -2.28. The molecule has 3 unspecified atom stereocenters. The lowest BCUT2D eigenvalue weighted by atomic mass is 10.0. The highest BCUT2D eigenvalue weighted by Gasteiger charge is 2.40. The Kier molecular flexibility index (Phi) is 3.87. The molecule has 0 aliphatic carbocycles. The molecule has 8 heteroatoms.